The third-order valence-electron chi connectivity index (χ3n) is 3.97. The maximum Gasteiger partial charge on any atom is 0.257 e. The van der Waals surface area contributed by atoms with E-state index in [1.54, 1.807) is 55.6 Å². The Morgan fingerprint density at radius 3 is 2.43 bits per heavy atom. The van der Waals surface area contributed by atoms with Crippen molar-refractivity contribution in [2.75, 3.05) is 19.0 Å². The Morgan fingerprint density at radius 1 is 1.00 bits per heavy atom. The average molecular weight is 400 g/mol. The van der Waals surface area contributed by atoms with Crippen molar-refractivity contribution in [1.82, 2.24) is 10.6 Å². The summed E-state index contributed by atoms with van der Waals surface area (Å²) in [6, 6.07) is 13.8. The fraction of sp³-hybridized carbons (Fsp3) is 0.286. The van der Waals surface area contributed by atoms with E-state index in [2.05, 4.69) is 22.9 Å². The van der Waals surface area contributed by atoms with E-state index in [4.69, 9.17) is 17.0 Å². The van der Waals surface area contributed by atoms with Crippen molar-refractivity contribution in [2.24, 2.45) is 0 Å². The molecule has 2 amide bonds. The molecule has 0 heterocycles. The molecule has 2 aromatic carbocycles. The maximum absolute atomic E-state index is 12.3. The van der Waals surface area contributed by atoms with Crippen LogP contribution in [-0.2, 0) is 0 Å². The minimum Gasteiger partial charge on any atom is -0.494 e. The van der Waals surface area contributed by atoms with Crippen LogP contribution < -0.4 is 20.7 Å². The van der Waals surface area contributed by atoms with Crippen molar-refractivity contribution in [3.05, 3.63) is 59.7 Å². The maximum atomic E-state index is 12.3. The fourth-order valence-electron chi connectivity index (χ4n) is 2.46. The molecule has 0 radical (unpaired) electrons. The summed E-state index contributed by atoms with van der Waals surface area (Å²) in [5.74, 6) is 0.215. The lowest BCUT2D eigenvalue weighted by atomic mass is 10.2. The largest absolute Gasteiger partial charge is 0.494 e. The lowest BCUT2D eigenvalue weighted by Crippen LogP contribution is -2.34. The minimum absolute atomic E-state index is 0.152. The van der Waals surface area contributed by atoms with E-state index >= 15 is 0 Å². The van der Waals surface area contributed by atoms with E-state index in [-0.39, 0.29) is 16.9 Å². The van der Waals surface area contributed by atoms with Gasteiger partial charge in [-0.2, -0.15) is 0 Å². The first-order valence-corrected chi connectivity index (χ1v) is 9.61. The van der Waals surface area contributed by atoms with Gasteiger partial charge in [-0.25, -0.2) is 0 Å². The number of ether oxygens (including phenoxy) is 1. The van der Waals surface area contributed by atoms with Crippen LogP contribution in [0.4, 0.5) is 5.69 Å². The first kappa shape index (κ1) is 21.4. The molecular weight excluding hydrogens is 374 g/mol. The lowest BCUT2D eigenvalue weighted by molar-refractivity contribution is 0.0959. The van der Waals surface area contributed by atoms with E-state index in [0.717, 1.165) is 25.0 Å². The molecule has 7 heteroatoms. The molecule has 0 aliphatic rings. The first-order valence-electron chi connectivity index (χ1n) is 9.21. The van der Waals surface area contributed by atoms with Gasteiger partial charge in [0, 0.05) is 23.9 Å². The lowest BCUT2D eigenvalue weighted by Gasteiger charge is -2.11. The van der Waals surface area contributed by atoms with E-state index in [1.807, 2.05) is 0 Å². The van der Waals surface area contributed by atoms with Crippen LogP contribution in [0.25, 0.3) is 0 Å². The second-order valence-corrected chi connectivity index (χ2v) is 6.56. The minimum atomic E-state index is -0.322. The molecule has 0 unspecified atom stereocenters. The van der Waals surface area contributed by atoms with Crippen molar-refractivity contribution >= 4 is 34.8 Å². The van der Waals surface area contributed by atoms with Gasteiger partial charge < -0.3 is 15.4 Å². The van der Waals surface area contributed by atoms with Crippen LogP contribution >= 0.6 is 12.2 Å². The quantitative estimate of drug-likeness (QED) is 0.465. The van der Waals surface area contributed by atoms with Gasteiger partial charge in [-0.15, -0.1) is 0 Å². The smallest absolute Gasteiger partial charge is 0.257 e. The molecule has 0 saturated carbocycles. The van der Waals surface area contributed by atoms with Crippen LogP contribution in [0.2, 0.25) is 0 Å². The number of unbranched alkanes of at least 4 members (excludes halogenated alkanes) is 2. The second-order valence-electron chi connectivity index (χ2n) is 6.15. The number of carbonyl (C=O) groups is 2. The molecule has 2 aromatic rings. The molecule has 0 aliphatic carbocycles. The van der Waals surface area contributed by atoms with Gasteiger partial charge in [-0.1, -0.05) is 25.8 Å². The molecule has 3 N–H and O–H groups in total. The highest BCUT2D eigenvalue weighted by Gasteiger charge is 2.09. The van der Waals surface area contributed by atoms with Gasteiger partial charge in [0.2, 0.25) is 0 Å². The molecule has 0 atom stereocenters. The van der Waals surface area contributed by atoms with Crippen LogP contribution in [0.1, 0.15) is 46.9 Å². The summed E-state index contributed by atoms with van der Waals surface area (Å²) in [5, 5.41) is 8.25. The zero-order valence-corrected chi connectivity index (χ0v) is 16.9. The van der Waals surface area contributed by atoms with Crippen LogP contribution in [0, 0.1) is 0 Å². The van der Waals surface area contributed by atoms with E-state index in [1.165, 1.54) is 0 Å². The number of anilines is 1. The Bertz CT molecular complexity index is 822. The van der Waals surface area contributed by atoms with E-state index in [0.29, 0.717) is 23.4 Å². The van der Waals surface area contributed by atoms with Gasteiger partial charge in [-0.3, -0.25) is 14.9 Å². The monoisotopic (exact) mass is 399 g/mol. The number of amides is 2. The van der Waals surface area contributed by atoms with Crippen LogP contribution in [0.3, 0.4) is 0 Å². The Kier molecular flexibility index (Phi) is 8.42. The molecular formula is C21H25N3O3S. The highest BCUT2D eigenvalue weighted by molar-refractivity contribution is 7.80. The highest BCUT2D eigenvalue weighted by Crippen LogP contribution is 2.14. The van der Waals surface area contributed by atoms with Gasteiger partial charge >= 0.3 is 0 Å². The topological polar surface area (TPSA) is 79.5 Å². The van der Waals surface area contributed by atoms with Gasteiger partial charge in [0.1, 0.15) is 5.75 Å². The Morgan fingerprint density at radius 2 is 1.75 bits per heavy atom. The fourth-order valence-corrected chi connectivity index (χ4v) is 2.68. The third-order valence-corrected chi connectivity index (χ3v) is 4.17. The highest BCUT2D eigenvalue weighted by atomic mass is 32.1. The average Bonchev–Trinajstić information content (AvgIpc) is 2.71. The Hall–Kier alpha value is -2.93. The zero-order chi connectivity index (χ0) is 20.4. The van der Waals surface area contributed by atoms with Crippen LogP contribution in [-0.4, -0.2) is 30.6 Å². The molecule has 148 valence electrons. The molecule has 2 rings (SSSR count). The normalized spacial score (nSPS) is 10.1. The summed E-state index contributed by atoms with van der Waals surface area (Å²) in [6.07, 6.45) is 3.29. The number of hydrogen-bond acceptors (Lipinski definition) is 4. The van der Waals surface area contributed by atoms with Crippen molar-refractivity contribution in [1.29, 1.82) is 0 Å². The summed E-state index contributed by atoms with van der Waals surface area (Å²) in [6.45, 7) is 2.81. The van der Waals surface area contributed by atoms with Crippen molar-refractivity contribution < 1.29 is 14.3 Å². The number of thiocarbonyl (C=S) groups is 1. The summed E-state index contributed by atoms with van der Waals surface area (Å²) in [5.41, 5.74) is 1.59. The second kappa shape index (κ2) is 11.0. The molecule has 0 spiro atoms. The molecule has 0 bridgehead atoms. The summed E-state index contributed by atoms with van der Waals surface area (Å²) in [4.78, 5) is 24.0. The Balaban J connectivity index is 1.88. The van der Waals surface area contributed by atoms with Crippen molar-refractivity contribution in [3.63, 3.8) is 0 Å². The molecule has 0 saturated heterocycles. The van der Waals surface area contributed by atoms with E-state index in [9.17, 15) is 9.59 Å². The van der Waals surface area contributed by atoms with Crippen LogP contribution in [0.5, 0.6) is 5.75 Å². The molecule has 28 heavy (non-hydrogen) atoms. The predicted octanol–water partition coefficient (Wildman–Crippen LogP) is 3.74. The molecule has 6 nitrogen and oxygen atoms in total. The van der Waals surface area contributed by atoms with Crippen LogP contribution in [0.15, 0.2) is 48.5 Å². The number of hydrogen-bond donors (Lipinski definition) is 3. The SMILES string of the molecule is CCCCCOc1ccc(C(=O)NC(=S)Nc2cccc(C(=O)NC)c2)cc1. The van der Waals surface area contributed by atoms with Crippen molar-refractivity contribution in [3.8, 4) is 5.75 Å². The first-order chi connectivity index (χ1) is 13.5. The summed E-state index contributed by atoms with van der Waals surface area (Å²) in [7, 11) is 1.56. The third kappa shape index (κ3) is 6.66. The van der Waals surface area contributed by atoms with E-state index < -0.39 is 0 Å². The summed E-state index contributed by atoms with van der Waals surface area (Å²) >= 11 is 5.19. The zero-order valence-electron chi connectivity index (χ0n) is 16.1. The van der Waals surface area contributed by atoms with Crippen molar-refractivity contribution in [2.45, 2.75) is 26.2 Å². The number of benzene rings is 2. The standard InChI is InChI=1S/C21H25N3O3S/c1-3-4-5-13-27-18-11-9-15(10-12-18)20(26)24-21(28)23-17-8-6-7-16(14-17)19(25)22-2/h6-12,14H,3-5,13H2,1-2H3,(H,22,25)(H2,23,24,26,28). The Labute approximate surface area is 170 Å². The number of rotatable bonds is 8. The molecule has 0 aromatic heterocycles. The van der Waals surface area contributed by atoms with Gasteiger partial charge in [-0.05, 0) is 61.1 Å². The molecule has 0 aliphatic heterocycles. The number of carbonyl (C=O) groups excluding carboxylic acids is 2. The molecule has 0 fully saturated rings. The van der Waals surface area contributed by atoms with Gasteiger partial charge in [0.15, 0.2) is 5.11 Å². The van der Waals surface area contributed by atoms with Gasteiger partial charge in [0.05, 0.1) is 6.61 Å². The van der Waals surface area contributed by atoms with Gasteiger partial charge in [0.25, 0.3) is 11.8 Å². The predicted molar refractivity (Wildman–Crippen MR) is 115 cm³/mol. The summed E-state index contributed by atoms with van der Waals surface area (Å²) < 4.78 is 5.64. The number of nitrogens with one attached hydrogen (secondary N) is 3.